The number of imidazole rings is 1. The number of rotatable bonds is 2. The number of aromatic amines is 1. The Bertz CT molecular complexity index is 1000. The minimum Gasteiger partial charge on any atom is -0.444 e. The molecule has 0 spiro atoms. The lowest BCUT2D eigenvalue weighted by Crippen LogP contribution is -2.42. The molecule has 0 saturated carbocycles. The third-order valence-corrected chi connectivity index (χ3v) is 5.10. The van der Waals surface area contributed by atoms with Gasteiger partial charge >= 0.3 is 6.09 Å². The SMILES string of the molecule is CN(C)c1nc2cnc3[nH]ccc3c2n1C1CCN(C(=O)OC(C)(C)C)CC1. The monoisotopic (exact) mass is 384 g/mol. The maximum atomic E-state index is 12.4. The molecule has 0 atom stereocenters. The molecule has 1 aliphatic rings. The average molecular weight is 384 g/mol. The first-order valence-corrected chi connectivity index (χ1v) is 9.74. The first kappa shape index (κ1) is 18.6. The number of amides is 1. The Balaban J connectivity index is 1.65. The van der Waals surface area contributed by atoms with Gasteiger partial charge in [0.05, 0.1) is 11.7 Å². The zero-order valence-corrected chi connectivity index (χ0v) is 17.2. The molecule has 8 heteroatoms. The van der Waals surface area contributed by atoms with Crippen molar-refractivity contribution in [2.75, 3.05) is 32.1 Å². The smallest absolute Gasteiger partial charge is 0.410 e. The fraction of sp³-hybridized carbons (Fsp3) is 0.550. The Labute approximate surface area is 164 Å². The lowest BCUT2D eigenvalue weighted by atomic mass is 10.0. The number of hydrogen-bond acceptors (Lipinski definition) is 5. The van der Waals surface area contributed by atoms with Crippen LogP contribution in [0.5, 0.6) is 0 Å². The molecule has 1 aliphatic heterocycles. The van der Waals surface area contributed by atoms with Gasteiger partial charge in [0.25, 0.3) is 0 Å². The highest BCUT2D eigenvalue weighted by Gasteiger charge is 2.30. The number of nitrogens with zero attached hydrogens (tertiary/aromatic N) is 5. The molecule has 4 heterocycles. The largest absolute Gasteiger partial charge is 0.444 e. The van der Waals surface area contributed by atoms with Crippen molar-refractivity contribution < 1.29 is 9.53 Å². The molecule has 1 N–H and O–H groups in total. The summed E-state index contributed by atoms with van der Waals surface area (Å²) in [6.45, 7) is 7.04. The molecule has 0 bridgehead atoms. The van der Waals surface area contributed by atoms with Gasteiger partial charge < -0.3 is 24.1 Å². The number of ether oxygens (including phenoxy) is 1. The van der Waals surface area contributed by atoms with Crippen molar-refractivity contribution >= 4 is 34.1 Å². The lowest BCUT2D eigenvalue weighted by molar-refractivity contribution is 0.0190. The van der Waals surface area contributed by atoms with Crippen LogP contribution in [0.2, 0.25) is 0 Å². The fourth-order valence-corrected chi connectivity index (χ4v) is 3.87. The second-order valence-corrected chi connectivity index (χ2v) is 8.61. The van der Waals surface area contributed by atoms with E-state index in [1.807, 2.05) is 57.1 Å². The summed E-state index contributed by atoms with van der Waals surface area (Å²) in [5, 5.41) is 1.08. The van der Waals surface area contributed by atoms with Gasteiger partial charge in [0, 0.05) is 44.8 Å². The van der Waals surface area contributed by atoms with Crippen molar-refractivity contribution in [3.05, 3.63) is 18.5 Å². The van der Waals surface area contributed by atoms with Gasteiger partial charge in [0.1, 0.15) is 16.8 Å². The molecule has 28 heavy (non-hydrogen) atoms. The summed E-state index contributed by atoms with van der Waals surface area (Å²) < 4.78 is 7.85. The van der Waals surface area contributed by atoms with Crippen molar-refractivity contribution in [2.24, 2.45) is 0 Å². The van der Waals surface area contributed by atoms with Gasteiger partial charge in [-0.1, -0.05) is 0 Å². The van der Waals surface area contributed by atoms with E-state index in [-0.39, 0.29) is 12.1 Å². The van der Waals surface area contributed by atoms with E-state index < -0.39 is 5.60 Å². The predicted molar refractivity (Wildman–Crippen MR) is 110 cm³/mol. The van der Waals surface area contributed by atoms with Crippen molar-refractivity contribution in [1.29, 1.82) is 0 Å². The van der Waals surface area contributed by atoms with E-state index in [1.165, 1.54) is 0 Å². The van der Waals surface area contributed by atoms with E-state index in [1.54, 1.807) is 0 Å². The first-order valence-electron chi connectivity index (χ1n) is 9.74. The predicted octanol–water partition coefficient (Wildman–Crippen LogP) is 3.55. The zero-order chi connectivity index (χ0) is 20.1. The lowest BCUT2D eigenvalue weighted by Gasteiger charge is -2.35. The number of anilines is 1. The molecule has 3 aromatic rings. The Morgan fingerprint density at radius 2 is 2.00 bits per heavy atom. The standard InChI is InChI=1S/C20H28N6O2/c1-20(2,3)28-19(27)25-10-7-13(8-11-25)26-16-14-6-9-21-17(14)22-12-15(16)23-18(26)24(4)5/h6,9,12-13H,7-8,10-11H2,1-5H3,(H,21,22). The number of nitrogens with one attached hydrogen (secondary N) is 1. The summed E-state index contributed by atoms with van der Waals surface area (Å²) in [7, 11) is 4.02. The quantitative estimate of drug-likeness (QED) is 0.731. The van der Waals surface area contributed by atoms with Gasteiger partial charge in [-0.25, -0.2) is 14.8 Å². The third kappa shape index (κ3) is 3.27. The normalized spacial score (nSPS) is 16.1. The van der Waals surface area contributed by atoms with Crippen LogP contribution in [0, 0.1) is 0 Å². The Morgan fingerprint density at radius 1 is 1.29 bits per heavy atom. The van der Waals surface area contributed by atoms with Crippen LogP contribution in [0.4, 0.5) is 10.7 Å². The third-order valence-electron chi connectivity index (χ3n) is 5.10. The van der Waals surface area contributed by atoms with E-state index in [2.05, 4.69) is 20.6 Å². The van der Waals surface area contributed by atoms with E-state index in [0.717, 1.165) is 40.9 Å². The molecule has 1 saturated heterocycles. The molecule has 150 valence electrons. The van der Waals surface area contributed by atoms with Gasteiger partial charge in [-0.15, -0.1) is 0 Å². The molecule has 0 unspecified atom stereocenters. The van der Waals surface area contributed by atoms with E-state index >= 15 is 0 Å². The summed E-state index contributed by atoms with van der Waals surface area (Å²) in [6.07, 6.45) is 5.23. The number of fused-ring (bicyclic) bond motifs is 3. The maximum absolute atomic E-state index is 12.4. The Kier molecular flexibility index (Phi) is 4.44. The minimum atomic E-state index is -0.473. The Morgan fingerprint density at radius 3 is 2.64 bits per heavy atom. The molecule has 1 fully saturated rings. The molecule has 1 amide bonds. The fourth-order valence-electron chi connectivity index (χ4n) is 3.87. The summed E-state index contributed by atoms with van der Waals surface area (Å²) in [5.74, 6) is 0.918. The van der Waals surface area contributed by atoms with Crippen LogP contribution in [0.15, 0.2) is 18.5 Å². The number of piperidine rings is 1. The average Bonchev–Trinajstić information content (AvgIpc) is 3.24. The van der Waals surface area contributed by atoms with Crippen molar-refractivity contribution in [3.63, 3.8) is 0 Å². The van der Waals surface area contributed by atoms with Gasteiger partial charge in [0.2, 0.25) is 5.95 Å². The molecule has 0 aromatic carbocycles. The number of likely N-dealkylation sites (tertiary alicyclic amines) is 1. The second kappa shape index (κ2) is 6.68. The molecular weight excluding hydrogens is 356 g/mol. The van der Waals surface area contributed by atoms with E-state index in [9.17, 15) is 4.79 Å². The highest BCUT2D eigenvalue weighted by Crippen LogP contribution is 2.35. The van der Waals surface area contributed by atoms with Crippen molar-refractivity contribution in [3.8, 4) is 0 Å². The molecule has 4 rings (SSSR count). The number of pyridine rings is 1. The molecule has 3 aromatic heterocycles. The molecular formula is C20H28N6O2. The second-order valence-electron chi connectivity index (χ2n) is 8.61. The summed E-state index contributed by atoms with van der Waals surface area (Å²) in [4.78, 5) is 28.7. The molecule has 0 radical (unpaired) electrons. The number of carbonyl (C=O) groups is 1. The van der Waals surface area contributed by atoms with Crippen LogP contribution >= 0.6 is 0 Å². The summed E-state index contributed by atoms with van der Waals surface area (Å²) >= 11 is 0. The van der Waals surface area contributed by atoms with Crippen molar-refractivity contribution in [1.82, 2.24) is 24.4 Å². The minimum absolute atomic E-state index is 0.230. The summed E-state index contributed by atoms with van der Waals surface area (Å²) in [5.41, 5.74) is 2.39. The van der Waals surface area contributed by atoms with Crippen LogP contribution < -0.4 is 4.90 Å². The van der Waals surface area contributed by atoms with Crippen LogP contribution in [0.1, 0.15) is 39.7 Å². The molecule has 8 nitrogen and oxygen atoms in total. The zero-order valence-electron chi connectivity index (χ0n) is 17.2. The number of H-pyrrole nitrogens is 1. The van der Waals surface area contributed by atoms with Gasteiger partial charge in [-0.05, 0) is 39.7 Å². The van der Waals surface area contributed by atoms with E-state index in [0.29, 0.717) is 13.1 Å². The van der Waals surface area contributed by atoms with Gasteiger partial charge in [-0.3, -0.25) is 0 Å². The van der Waals surface area contributed by atoms with Crippen LogP contribution in [-0.2, 0) is 4.74 Å². The van der Waals surface area contributed by atoms with Crippen LogP contribution in [0.25, 0.3) is 22.1 Å². The van der Waals surface area contributed by atoms with Crippen LogP contribution in [-0.4, -0.2) is 63.3 Å². The first-order chi connectivity index (χ1) is 13.2. The maximum Gasteiger partial charge on any atom is 0.410 e. The Hall–Kier alpha value is -2.77. The van der Waals surface area contributed by atoms with Gasteiger partial charge in [-0.2, -0.15) is 0 Å². The van der Waals surface area contributed by atoms with E-state index in [4.69, 9.17) is 9.72 Å². The highest BCUT2D eigenvalue weighted by molar-refractivity contribution is 6.02. The number of carbonyl (C=O) groups excluding carboxylic acids is 1. The molecule has 0 aliphatic carbocycles. The van der Waals surface area contributed by atoms with Crippen LogP contribution in [0.3, 0.4) is 0 Å². The topological polar surface area (TPSA) is 79.3 Å². The number of hydrogen-bond donors (Lipinski definition) is 1. The van der Waals surface area contributed by atoms with Crippen molar-refractivity contribution in [2.45, 2.75) is 45.3 Å². The summed E-state index contributed by atoms with van der Waals surface area (Å²) in [6, 6.07) is 2.32. The number of aromatic nitrogens is 4. The highest BCUT2D eigenvalue weighted by atomic mass is 16.6. The van der Waals surface area contributed by atoms with Gasteiger partial charge in [0.15, 0.2) is 0 Å².